The summed E-state index contributed by atoms with van der Waals surface area (Å²) in [5, 5.41) is 7.48. The van der Waals surface area contributed by atoms with Crippen molar-refractivity contribution in [3.8, 4) is 0 Å². The lowest BCUT2D eigenvalue weighted by Gasteiger charge is -2.17. The molecule has 1 heterocycles. The summed E-state index contributed by atoms with van der Waals surface area (Å²) in [4.78, 5) is 2.40. The fourth-order valence-electron chi connectivity index (χ4n) is 1.22. The molecular weight excluding hydrogens is 126 g/mol. The van der Waals surface area contributed by atoms with Gasteiger partial charge >= 0.3 is 0 Å². The molecule has 1 rings (SSSR count). The van der Waals surface area contributed by atoms with Crippen molar-refractivity contribution in [2.75, 3.05) is 39.9 Å². The van der Waals surface area contributed by atoms with Gasteiger partial charge in [-0.1, -0.05) is 0 Å². The van der Waals surface area contributed by atoms with E-state index in [4.69, 9.17) is 0 Å². The first-order valence-electron chi connectivity index (χ1n) is 3.93. The van der Waals surface area contributed by atoms with Crippen molar-refractivity contribution in [3.63, 3.8) is 0 Å². The summed E-state index contributed by atoms with van der Waals surface area (Å²) >= 11 is 0. The molecule has 1 saturated heterocycles. The number of hydrogen-bond acceptors (Lipinski definition) is 2. The molecule has 0 aromatic rings. The molecule has 1 fully saturated rings. The molecule has 0 aromatic heterocycles. The zero-order valence-electron chi connectivity index (χ0n) is 6.64. The van der Waals surface area contributed by atoms with Crippen LogP contribution < -0.4 is 10.6 Å². The van der Waals surface area contributed by atoms with Gasteiger partial charge in [0.2, 0.25) is 0 Å². The van der Waals surface area contributed by atoms with Crippen molar-refractivity contribution in [2.24, 2.45) is 0 Å². The quantitative estimate of drug-likeness (QED) is 0.562. The molecule has 1 radical (unpaired) electrons. The van der Waals surface area contributed by atoms with Gasteiger partial charge in [-0.3, -0.25) is 4.90 Å². The van der Waals surface area contributed by atoms with Gasteiger partial charge in [0.25, 0.3) is 0 Å². The number of rotatable bonds is 2. The van der Waals surface area contributed by atoms with Crippen LogP contribution in [0.3, 0.4) is 0 Å². The van der Waals surface area contributed by atoms with Gasteiger partial charge in [0.15, 0.2) is 0 Å². The molecule has 1 aliphatic rings. The molecule has 0 atom stereocenters. The average molecular weight is 142 g/mol. The van der Waals surface area contributed by atoms with E-state index in [1.807, 2.05) is 7.05 Å². The molecule has 1 N–H and O–H groups in total. The molecule has 3 nitrogen and oxygen atoms in total. The second-order valence-corrected chi connectivity index (χ2v) is 2.65. The van der Waals surface area contributed by atoms with Crippen molar-refractivity contribution in [1.82, 2.24) is 15.5 Å². The van der Waals surface area contributed by atoms with Crippen LogP contribution in [0.5, 0.6) is 0 Å². The van der Waals surface area contributed by atoms with Crippen LogP contribution in [0.4, 0.5) is 0 Å². The first kappa shape index (κ1) is 7.98. The lowest BCUT2D eigenvalue weighted by Crippen LogP contribution is -2.34. The van der Waals surface area contributed by atoms with Crippen LogP contribution in [-0.2, 0) is 0 Å². The van der Waals surface area contributed by atoms with Crippen LogP contribution in [-0.4, -0.2) is 44.8 Å². The van der Waals surface area contributed by atoms with Crippen LogP contribution in [0.1, 0.15) is 6.42 Å². The second kappa shape index (κ2) is 4.66. The Hall–Kier alpha value is -0.120. The van der Waals surface area contributed by atoms with Gasteiger partial charge in [-0.05, 0) is 13.5 Å². The van der Waals surface area contributed by atoms with Gasteiger partial charge in [0.05, 0.1) is 0 Å². The summed E-state index contributed by atoms with van der Waals surface area (Å²) in [7, 11) is 1.99. The maximum absolute atomic E-state index is 4.33. The Morgan fingerprint density at radius 3 is 3.10 bits per heavy atom. The number of hydrogen-bond donors (Lipinski definition) is 1. The smallest absolute Gasteiger partial charge is 0.0478 e. The minimum Gasteiger partial charge on any atom is -0.307 e. The molecule has 0 spiro atoms. The van der Waals surface area contributed by atoms with Crippen LogP contribution in [0.2, 0.25) is 0 Å². The van der Waals surface area contributed by atoms with Crippen molar-refractivity contribution in [1.29, 1.82) is 0 Å². The molecule has 0 amide bonds. The molecule has 0 aliphatic carbocycles. The molecule has 0 saturated carbocycles. The largest absolute Gasteiger partial charge is 0.307 e. The van der Waals surface area contributed by atoms with Gasteiger partial charge in [0, 0.05) is 32.8 Å². The zero-order valence-corrected chi connectivity index (χ0v) is 6.64. The third-order valence-electron chi connectivity index (χ3n) is 1.75. The topological polar surface area (TPSA) is 29.4 Å². The highest BCUT2D eigenvalue weighted by atomic mass is 15.2. The van der Waals surface area contributed by atoms with Gasteiger partial charge < -0.3 is 5.32 Å². The molecule has 0 aromatic carbocycles. The minimum atomic E-state index is 1.01. The van der Waals surface area contributed by atoms with Crippen LogP contribution in [0.25, 0.3) is 0 Å². The van der Waals surface area contributed by atoms with Crippen molar-refractivity contribution >= 4 is 0 Å². The van der Waals surface area contributed by atoms with Crippen LogP contribution in [0.15, 0.2) is 0 Å². The van der Waals surface area contributed by atoms with E-state index in [1.54, 1.807) is 0 Å². The zero-order chi connectivity index (χ0) is 7.23. The molecule has 10 heavy (non-hydrogen) atoms. The molecular formula is C7H16N3. The van der Waals surface area contributed by atoms with Crippen LogP contribution >= 0.6 is 0 Å². The highest BCUT2D eigenvalue weighted by Gasteiger charge is 2.06. The number of nitrogens with one attached hydrogen (secondary N) is 1. The van der Waals surface area contributed by atoms with E-state index >= 15 is 0 Å². The van der Waals surface area contributed by atoms with Crippen molar-refractivity contribution in [3.05, 3.63) is 0 Å². The minimum absolute atomic E-state index is 1.01. The Balaban J connectivity index is 2.15. The highest BCUT2D eigenvalue weighted by Crippen LogP contribution is 1.92. The summed E-state index contributed by atoms with van der Waals surface area (Å²) in [6.45, 7) is 5.41. The summed E-state index contributed by atoms with van der Waals surface area (Å²) in [6, 6.07) is 0. The highest BCUT2D eigenvalue weighted by molar-refractivity contribution is 4.63. The van der Waals surface area contributed by atoms with E-state index in [1.165, 1.54) is 13.0 Å². The molecule has 0 unspecified atom stereocenters. The molecule has 0 bridgehead atoms. The van der Waals surface area contributed by atoms with Gasteiger partial charge in [-0.15, -0.1) is 0 Å². The molecule has 3 heteroatoms. The summed E-state index contributed by atoms with van der Waals surface area (Å²) < 4.78 is 0. The predicted octanol–water partition coefficient (Wildman–Crippen LogP) is -0.527. The third kappa shape index (κ3) is 2.64. The maximum Gasteiger partial charge on any atom is 0.0478 e. The maximum atomic E-state index is 4.33. The first-order valence-corrected chi connectivity index (χ1v) is 3.93. The van der Waals surface area contributed by atoms with Crippen LogP contribution in [0, 0.1) is 0 Å². The second-order valence-electron chi connectivity index (χ2n) is 2.65. The van der Waals surface area contributed by atoms with E-state index < -0.39 is 0 Å². The summed E-state index contributed by atoms with van der Waals surface area (Å²) in [6.07, 6.45) is 1.22. The Kier molecular flexibility index (Phi) is 3.72. The lowest BCUT2D eigenvalue weighted by atomic mass is 10.4. The Labute approximate surface area is 62.8 Å². The average Bonchev–Trinajstić information content (AvgIpc) is 2.17. The molecule has 1 aliphatic heterocycles. The monoisotopic (exact) mass is 142 g/mol. The predicted molar refractivity (Wildman–Crippen MR) is 42.0 cm³/mol. The fraction of sp³-hybridized carbons (Fsp3) is 1.00. The molecule has 59 valence electrons. The van der Waals surface area contributed by atoms with E-state index in [2.05, 4.69) is 15.5 Å². The van der Waals surface area contributed by atoms with Gasteiger partial charge in [-0.25, -0.2) is 5.32 Å². The lowest BCUT2D eigenvalue weighted by molar-refractivity contribution is 0.278. The number of nitrogens with zero attached hydrogens (tertiary/aromatic N) is 2. The first-order chi connectivity index (χ1) is 4.93. The van der Waals surface area contributed by atoms with Crippen molar-refractivity contribution < 1.29 is 0 Å². The third-order valence-corrected chi connectivity index (χ3v) is 1.75. The van der Waals surface area contributed by atoms with E-state index in [0.717, 1.165) is 26.3 Å². The van der Waals surface area contributed by atoms with Crippen molar-refractivity contribution in [2.45, 2.75) is 6.42 Å². The Morgan fingerprint density at radius 2 is 2.30 bits per heavy atom. The van der Waals surface area contributed by atoms with E-state index in [0.29, 0.717) is 0 Å². The van der Waals surface area contributed by atoms with E-state index in [9.17, 15) is 0 Å². The Bertz CT molecular complexity index is 76.9. The normalized spacial score (nSPS) is 22.5. The Morgan fingerprint density at radius 1 is 1.40 bits per heavy atom. The summed E-state index contributed by atoms with van der Waals surface area (Å²) in [5.41, 5.74) is 0. The van der Waals surface area contributed by atoms with Gasteiger partial charge in [-0.2, -0.15) is 0 Å². The SMILES string of the molecule is CNCN1CCC[N]CC1. The standard InChI is InChI=1S/C7H16N3/c1-8-7-10-5-2-3-9-4-6-10/h8H,2-7H2,1H3. The fourth-order valence-corrected chi connectivity index (χ4v) is 1.22. The van der Waals surface area contributed by atoms with Gasteiger partial charge in [0.1, 0.15) is 0 Å². The summed E-state index contributed by atoms with van der Waals surface area (Å²) in [5.74, 6) is 0. The van der Waals surface area contributed by atoms with E-state index in [-0.39, 0.29) is 0 Å².